The molecule has 1 unspecified atom stereocenters. The zero-order chi connectivity index (χ0) is 15.8. The van der Waals surface area contributed by atoms with Gasteiger partial charge in [0.25, 0.3) is 0 Å². The van der Waals surface area contributed by atoms with Crippen LogP contribution in [0.15, 0.2) is 24.3 Å². The maximum atomic E-state index is 12.2. The first-order valence-electron chi connectivity index (χ1n) is 6.78. The van der Waals surface area contributed by atoms with Crippen LogP contribution in [0.2, 0.25) is 0 Å². The Morgan fingerprint density at radius 1 is 1.25 bits per heavy atom. The molecule has 0 aliphatic carbocycles. The number of aliphatic hydroxyl groups is 1. The van der Waals surface area contributed by atoms with Crippen LogP contribution in [-0.2, 0) is 0 Å². The van der Waals surface area contributed by atoms with Crippen LogP contribution in [0.1, 0.15) is 38.1 Å². The van der Waals surface area contributed by atoms with Gasteiger partial charge in [-0.3, -0.25) is 9.69 Å². The predicted molar refractivity (Wildman–Crippen MR) is 93.3 cm³/mol. The molecule has 0 aliphatic rings. The number of rotatable bonds is 5. The van der Waals surface area contributed by atoms with E-state index in [-0.39, 0.29) is 5.78 Å². The Morgan fingerprint density at radius 3 is 2.00 bits per heavy atom. The van der Waals surface area contributed by atoms with E-state index in [1.54, 1.807) is 29.2 Å². The molecule has 0 aliphatic heterocycles. The number of hydrogen-bond acceptors (Lipinski definition) is 4. The summed E-state index contributed by atoms with van der Waals surface area (Å²) in [5.74, 6) is -0.304. The van der Waals surface area contributed by atoms with Crippen molar-refractivity contribution in [1.82, 2.24) is 4.90 Å². The van der Waals surface area contributed by atoms with Crippen LogP contribution < -0.4 is 5.73 Å². The van der Waals surface area contributed by atoms with E-state index in [1.807, 2.05) is 13.8 Å². The summed E-state index contributed by atoms with van der Waals surface area (Å²) in [5.41, 5.74) is 5.16. The first-order chi connectivity index (χ1) is 9.34. The smallest absolute Gasteiger partial charge is 0.209 e. The van der Waals surface area contributed by atoms with E-state index >= 15 is 0 Å². The van der Waals surface area contributed by atoms with Gasteiger partial charge in [-0.2, -0.15) is 0 Å². The fraction of sp³-hybridized carbons (Fsp3) is 0.533. The number of Topliss-reactive ketones (excluding diaryl/α,β-unsaturated/α-hetero) is 1. The van der Waals surface area contributed by atoms with E-state index in [9.17, 15) is 9.90 Å². The lowest BCUT2D eigenvalue weighted by Gasteiger charge is -2.34. The molecule has 4 nitrogen and oxygen atoms in total. The molecule has 0 amide bonds. The Hall–Kier alpha value is -0.660. The highest BCUT2D eigenvalue weighted by Crippen LogP contribution is 2.18. The van der Waals surface area contributed by atoms with Gasteiger partial charge in [0.15, 0.2) is 5.72 Å². The number of hydrogen-bond donors (Lipinski definition) is 2. The van der Waals surface area contributed by atoms with E-state index in [0.717, 1.165) is 0 Å². The number of benzene rings is 1. The fourth-order valence-corrected chi connectivity index (χ4v) is 1.89. The van der Waals surface area contributed by atoms with Crippen LogP contribution in [0.4, 0.5) is 5.69 Å². The molecule has 0 saturated heterocycles. The minimum Gasteiger partial charge on any atom is -0.399 e. The summed E-state index contributed by atoms with van der Waals surface area (Å²) >= 11 is 2.29. The van der Waals surface area contributed by atoms with Crippen LogP contribution in [0, 0.1) is 0 Å². The number of nitrogen functional groups attached to an aromatic ring is 1. The first kappa shape index (κ1) is 19.3. The number of anilines is 1. The number of carbonyl (C=O) groups is 1. The summed E-state index contributed by atoms with van der Waals surface area (Å²) in [4.78, 5) is 13.9. The third-order valence-electron chi connectivity index (χ3n) is 2.98. The summed E-state index contributed by atoms with van der Waals surface area (Å²) in [6.07, 6.45) is 0. The molecule has 114 valence electrons. The second-order valence-electron chi connectivity index (χ2n) is 4.41. The van der Waals surface area contributed by atoms with Gasteiger partial charge in [-0.05, 0) is 48.7 Å². The average Bonchev–Trinajstić information content (AvgIpc) is 2.40. The lowest BCUT2D eigenvalue weighted by atomic mass is 10.0. The second kappa shape index (κ2) is 9.31. The van der Waals surface area contributed by atoms with Crippen molar-refractivity contribution < 1.29 is 9.90 Å². The second-order valence-corrected chi connectivity index (χ2v) is 5.94. The topological polar surface area (TPSA) is 66.6 Å². The quantitative estimate of drug-likeness (QED) is 0.266. The predicted octanol–water partition coefficient (Wildman–Crippen LogP) is 2.94. The molecular formula is C15H25IN2O2. The van der Waals surface area contributed by atoms with Crippen molar-refractivity contribution in [3.63, 3.8) is 0 Å². The van der Waals surface area contributed by atoms with E-state index in [2.05, 4.69) is 29.5 Å². The Labute approximate surface area is 135 Å². The Balaban J connectivity index is 0.00000110. The van der Waals surface area contributed by atoms with Crippen molar-refractivity contribution in [2.75, 3.05) is 23.3 Å². The number of likely N-dealkylation sites (N-methyl/N-ethyl adjacent to an activating group) is 1. The highest BCUT2D eigenvalue weighted by atomic mass is 127. The summed E-state index contributed by atoms with van der Waals surface area (Å²) in [5, 5.41) is 10.3. The molecule has 1 rings (SSSR count). The lowest BCUT2D eigenvalue weighted by Crippen LogP contribution is -2.52. The molecule has 0 bridgehead atoms. The Kier molecular flexibility index (Phi) is 9.00. The Morgan fingerprint density at radius 2 is 1.65 bits per heavy atom. The number of nitrogens with zero attached hydrogens (tertiary/aromatic N) is 1. The SMILES string of the molecule is CCI.CCN(CC)C(C)(O)C(=O)c1ccc(N)cc1. The van der Waals surface area contributed by atoms with Crippen LogP contribution in [-0.4, -0.2) is 39.0 Å². The highest BCUT2D eigenvalue weighted by Gasteiger charge is 2.35. The average molecular weight is 392 g/mol. The molecule has 0 heterocycles. The molecule has 0 aromatic heterocycles. The van der Waals surface area contributed by atoms with Gasteiger partial charge in [0, 0.05) is 11.3 Å². The molecule has 3 N–H and O–H groups in total. The molecule has 0 saturated carbocycles. The Bertz CT molecular complexity index is 401. The molecule has 0 radical (unpaired) electrons. The van der Waals surface area contributed by atoms with Gasteiger partial charge in [0.05, 0.1) is 0 Å². The van der Waals surface area contributed by atoms with Crippen molar-refractivity contribution in [1.29, 1.82) is 0 Å². The maximum Gasteiger partial charge on any atom is 0.209 e. The third-order valence-corrected chi connectivity index (χ3v) is 2.98. The summed E-state index contributed by atoms with van der Waals surface area (Å²) < 4.78 is 1.22. The van der Waals surface area contributed by atoms with Gasteiger partial charge in [0.1, 0.15) is 0 Å². The number of carbonyl (C=O) groups excluding carboxylic acids is 1. The molecule has 1 aromatic carbocycles. The monoisotopic (exact) mass is 392 g/mol. The first-order valence-corrected chi connectivity index (χ1v) is 8.31. The van der Waals surface area contributed by atoms with Gasteiger partial charge in [-0.15, -0.1) is 0 Å². The molecule has 0 fully saturated rings. The number of halogens is 1. The molecule has 20 heavy (non-hydrogen) atoms. The van der Waals surface area contributed by atoms with Crippen molar-refractivity contribution in [3.05, 3.63) is 29.8 Å². The van der Waals surface area contributed by atoms with Gasteiger partial charge in [-0.25, -0.2) is 0 Å². The van der Waals surface area contributed by atoms with Crippen molar-refractivity contribution in [2.45, 2.75) is 33.4 Å². The van der Waals surface area contributed by atoms with E-state index < -0.39 is 5.72 Å². The zero-order valence-electron chi connectivity index (χ0n) is 12.7. The molecular weight excluding hydrogens is 367 g/mol. The number of alkyl halides is 1. The number of nitrogens with two attached hydrogens (primary N) is 1. The standard InChI is InChI=1S/C13H20N2O2.C2H5I/c1-4-15(5-2)13(3,17)12(16)10-6-8-11(14)9-7-10;1-2-3/h6-9,17H,4-5,14H2,1-3H3;2H2,1H3. The zero-order valence-corrected chi connectivity index (χ0v) is 14.8. The van der Waals surface area contributed by atoms with Gasteiger partial charge < -0.3 is 10.8 Å². The molecule has 0 spiro atoms. The molecule has 1 aromatic rings. The van der Waals surface area contributed by atoms with E-state index in [4.69, 9.17) is 5.73 Å². The lowest BCUT2D eigenvalue weighted by molar-refractivity contribution is -0.0589. The largest absolute Gasteiger partial charge is 0.399 e. The third kappa shape index (κ3) is 5.38. The van der Waals surface area contributed by atoms with E-state index in [0.29, 0.717) is 24.3 Å². The van der Waals surface area contributed by atoms with Gasteiger partial charge >= 0.3 is 0 Å². The van der Waals surface area contributed by atoms with Crippen LogP contribution in [0.25, 0.3) is 0 Å². The summed E-state index contributed by atoms with van der Waals surface area (Å²) in [7, 11) is 0. The van der Waals surface area contributed by atoms with E-state index in [1.165, 1.54) is 11.4 Å². The van der Waals surface area contributed by atoms with Crippen molar-refractivity contribution in [2.24, 2.45) is 0 Å². The molecule has 1 atom stereocenters. The van der Waals surface area contributed by atoms with Crippen molar-refractivity contribution in [3.8, 4) is 0 Å². The number of ketones is 1. The van der Waals surface area contributed by atoms with Crippen molar-refractivity contribution >= 4 is 34.1 Å². The van der Waals surface area contributed by atoms with Crippen LogP contribution in [0.5, 0.6) is 0 Å². The van der Waals surface area contributed by atoms with Crippen LogP contribution in [0.3, 0.4) is 0 Å². The van der Waals surface area contributed by atoms with Gasteiger partial charge in [-0.1, -0.05) is 43.4 Å². The minimum atomic E-state index is -1.47. The van der Waals surface area contributed by atoms with Crippen LogP contribution >= 0.6 is 22.6 Å². The highest BCUT2D eigenvalue weighted by molar-refractivity contribution is 14.1. The minimum absolute atomic E-state index is 0.304. The molecule has 5 heteroatoms. The fourth-order valence-electron chi connectivity index (χ4n) is 1.89. The maximum absolute atomic E-state index is 12.2. The van der Waals surface area contributed by atoms with Gasteiger partial charge in [0.2, 0.25) is 5.78 Å². The normalized spacial score (nSPS) is 13.3. The summed E-state index contributed by atoms with van der Waals surface area (Å²) in [6.45, 7) is 8.69. The summed E-state index contributed by atoms with van der Waals surface area (Å²) in [6, 6.07) is 6.59.